The fourth-order valence-electron chi connectivity index (χ4n) is 1.14. The molecule has 1 N–H and O–H groups in total. The van der Waals surface area contributed by atoms with Crippen molar-refractivity contribution in [2.24, 2.45) is 0 Å². The first kappa shape index (κ1) is 11.3. The predicted molar refractivity (Wildman–Crippen MR) is 57.9 cm³/mol. The molecule has 0 aromatic heterocycles. The van der Waals surface area contributed by atoms with Crippen LogP contribution in [0.5, 0.6) is 5.75 Å². The first-order chi connectivity index (χ1) is 6.53. The Morgan fingerprint density at radius 3 is 2.36 bits per heavy atom. The molecule has 0 aliphatic rings. The Labute approximate surface area is 89.5 Å². The molecule has 0 saturated carbocycles. The van der Waals surface area contributed by atoms with E-state index in [9.17, 15) is 0 Å². The highest BCUT2D eigenvalue weighted by molar-refractivity contribution is 6.30. The second kappa shape index (κ2) is 4.67. The van der Waals surface area contributed by atoms with Gasteiger partial charge in [0.2, 0.25) is 0 Å². The summed E-state index contributed by atoms with van der Waals surface area (Å²) in [5.41, 5.74) is -0.345. The molecular formula is C11H15ClO2. The largest absolute Gasteiger partial charge is 0.488 e. The van der Waals surface area contributed by atoms with E-state index in [0.717, 1.165) is 5.75 Å². The molecule has 1 aromatic carbocycles. The average Bonchev–Trinajstić information content (AvgIpc) is 2.08. The molecule has 1 aromatic rings. The molecule has 0 aliphatic heterocycles. The molecule has 0 spiro atoms. The molecule has 3 heteroatoms. The van der Waals surface area contributed by atoms with Crippen LogP contribution in [0.1, 0.15) is 20.3 Å². The van der Waals surface area contributed by atoms with Crippen LogP contribution in [-0.2, 0) is 0 Å². The average molecular weight is 215 g/mol. The second-order valence-corrected chi connectivity index (χ2v) is 4.23. The van der Waals surface area contributed by atoms with Crippen molar-refractivity contribution < 1.29 is 9.84 Å². The van der Waals surface area contributed by atoms with Crippen molar-refractivity contribution in [3.8, 4) is 5.75 Å². The van der Waals surface area contributed by atoms with Gasteiger partial charge in [-0.15, -0.1) is 0 Å². The van der Waals surface area contributed by atoms with Gasteiger partial charge in [0.25, 0.3) is 0 Å². The molecule has 0 unspecified atom stereocenters. The van der Waals surface area contributed by atoms with Crippen LogP contribution in [0.2, 0.25) is 5.02 Å². The van der Waals surface area contributed by atoms with Gasteiger partial charge in [0.05, 0.1) is 0 Å². The normalized spacial score (nSPS) is 11.4. The van der Waals surface area contributed by atoms with Gasteiger partial charge < -0.3 is 9.84 Å². The van der Waals surface area contributed by atoms with Crippen molar-refractivity contribution in [1.29, 1.82) is 0 Å². The molecule has 0 amide bonds. The first-order valence-electron chi connectivity index (χ1n) is 4.59. The fraction of sp³-hybridized carbons (Fsp3) is 0.455. The summed E-state index contributed by atoms with van der Waals surface area (Å²) in [7, 11) is 0. The topological polar surface area (TPSA) is 29.5 Å². The van der Waals surface area contributed by atoms with Crippen molar-refractivity contribution in [3.63, 3.8) is 0 Å². The summed E-state index contributed by atoms with van der Waals surface area (Å²) in [6.45, 7) is 4.01. The number of benzene rings is 1. The molecule has 0 bridgehead atoms. The Kier molecular flexibility index (Phi) is 3.78. The van der Waals surface area contributed by atoms with Gasteiger partial charge in [-0.2, -0.15) is 0 Å². The minimum absolute atomic E-state index is 0.126. The van der Waals surface area contributed by atoms with Crippen LogP contribution < -0.4 is 4.74 Å². The number of aliphatic hydroxyl groups excluding tert-OH is 1. The summed E-state index contributed by atoms with van der Waals surface area (Å²) in [6, 6.07) is 7.21. The van der Waals surface area contributed by atoms with Crippen molar-refractivity contribution >= 4 is 11.6 Å². The van der Waals surface area contributed by atoms with E-state index in [0.29, 0.717) is 11.4 Å². The van der Waals surface area contributed by atoms with Crippen LogP contribution in [0.25, 0.3) is 0 Å². The number of ether oxygens (including phenoxy) is 1. The Morgan fingerprint density at radius 1 is 1.29 bits per heavy atom. The van der Waals surface area contributed by atoms with Gasteiger partial charge in [0.1, 0.15) is 11.4 Å². The molecule has 0 heterocycles. The molecule has 1 rings (SSSR count). The van der Waals surface area contributed by atoms with Gasteiger partial charge >= 0.3 is 0 Å². The van der Waals surface area contributed by atoms with E-state index in [1.165, 1.54) is 0 Å². The molecule has 0 aliphatic carbocycles. The standard InChI is InChI=1S/C11H15ClO2/c1-11(2,7-8-13)14-10-5-3-9(12)4-6-10/h3-6,13H,7-8H2,1-2H3. The van der Waals surface area contributed by atoms with E-state index in [1.807, 2.05) is 26.0 Å². The minimum Gasteiger partial charge on any atom is -0.488 e. The first-order valence-corrected chi connectivity index (χ1v) is 4.97. The quantitative estimate of drug-likeness (QED) is 0.835. The molecule has 14 heavy (non-hydrogen) atoms. The Hall–Kier alpha value is -0.730. The Balaban J connectivity index is 2.64. The summed E-state index contributed by atoms with van der Waals surface area (Å²) in [4.78, 5) is 0. The third kappa shape index (κ3) is 3.56. The van der Waals surface area contributed by atoms with E-state index in [2.05, 4.69) is 0 Å². The Bertz CT molecular complexity index is 280. The molecular weight excluding hydrogens is 200 g/mol. The van der Waals surface area contributed by atoms with Crippen LogP contribution in [0.3, 0.4) is 0 Å². The van der Waals surface area contributed by atoms with Gasteiger partial charge in [-0.25, -0.2) is 0 Å². The number of hydrogen-bond acceptors (Lipinski definition) is 2. The zero-order valence-electron chi connectivity index (χ0n) is 8.46. The maximum absolute atomic E-state index is 8.82. The number of hydrogen-bond donors (Lipinski definition) is 1. The lowest BCUT2D eigenvalue weighted by Crippen LogP contribution is -2.29. The smallest absolute Gasteiger partial charge is 0.120 e. The van der Waals surface area contributed by atoms with Crippen molar-refractivity contribution in [2.45, 2.75) is 25.9 Å². The molecule has 0 radical (unpaired) electrons. The van der Waals surface area contributed by atoms with E-state index in [-0.39, 0.29) is 12.2 Å². The SMILES string of the molecule is CC(C)(CCO)Oc1ccc(Cl)cc1. The highest BCUT2D eigenvalue weighted by Crippen LogP contribution is 2.22. The van der Waals surface area contributed by atoms with Crippen LogP contribution in [0, 0.1) is 0 Å². The lowest BCUT2D eigenvalue weighted by molar-refractivity contribution is 0.0765. The van der Waals surface area contributed by atoms with Gasteiger partial charge in [-0.1, -0.05) is 11.6 Å². The van der Waals surface area contributed by atoms with Gasteiger partial charge in [0.15, 0.2) is 0 Å². The predicted octanol–water partition coefficient (Wildman–Crippen LogP) is 2.88. The van der Waals surface area contributed by atoms with Crippen LogP contribution >= 0.6 is 11.6 Å². The molecule has 78 valence electrons. The van der Waals surface area contributed by atoms with Crippen LogP contribution in [-0.4, -0.2) is 17.3 Å². The van der Waals surface area contributed by atoms with E-state index >= 15 is 0 Å². The van der Waals surface area contributed by atoms with E-state index in [1.54, 1.807) is 12.1 Å². The van der Waals surface area contributed by atoms with Gasteiger partial charge in [-0.3, -0.25) is 0 Å². The molecule has 0 atom stereocenters. The fourth-order valence-corrected chi connectivity index (χ4v) is 1.27. The third-order valence-corrected chi connectivity index (χ3v) is 2.17. The highest BCUT2D eigenvalue weighted by Gasteiger charge is 2.18. The summed E-state index contributed by atoms with van der Waals surface area (Å²) in [5.74, 6) is 0.771. The maximum Gasteiger partial charge on any atom is 0.120 e. The molecule has 0 saturated heterocycles. The number of halogens is 1. The molecule has 2 nitrogen and oxygen atoms in total. The second-order valence-electron chi connectivity index (χ2n) is 3.79. The Morgan fingerprint density at radius 2 is 1.86 bits per heavy atom. The number of rotatable bonds is 4. The maximum atomic E-state index is 8.82. The zero-order chi connectivity index (χ0) is 10.6. The van der Waals surface area contributed by atoms with Crippen molar-refractivity contribution in [2.75, 3.05) is 6.61 Å². The van der Waals surface area contributed by atoms with Gasteiger partial charge in [-0.05, 0) is 38.1 Å². The number of aliphatic hydroxyl groups is 1. The van der Waals surface area contributed by atoms with Crippen LogP contribution in [0.15, 0.2) is 24.3 Å². The third-order valence-electron chi connectivity index (χ3n) is 1.92. The van der Waals surface area contributed by atoms with Crippen molar-refractivity contribution in [3.05, 3.63) is 29.3 Å². The van der Waals surface area contributed by atoms with E-state index in [4.69, 9.17) is 21.4 Å². The lowest BCUT2D eigenvalue weighted by Gasteiger charge is -2.25. The van der Waals surface area contributed by atoms with E-state index < -0.39 is 0 Å². The minimum atomic E-state index is -0.345. The van der Waals surface area contributed by atoms with Crippen molar-refractivity contribution in [1.82, 2.24) is 0 Å². The summed E-state index contributed by atoms with van der Waals surface area (Å²) in [5, 5.41) is 9.51. The highest BCUT2D eigenvalue weighted by atomic mass is 35.5. The monoisotopic (exact) mass is 214 g/mol. The lowest BCUT2D eigenvalue weighted by atomic mass is 10.1. The van der Waals surface area contributed by atoms with Gasteiger partial charge in [0, 0.05) is 18.1 Å². The summed E-state index contributed by atoms with van der Waals surface area (Å²) >= 11 is 5.75. The molecule has 0 fully saturated rings. The zero-order valence-corrected chi connectivity index (χ0v) is 9.21. The van der Waals surface area contributed by atoms with Crippen LogP contribution in [0.4, 0.5) is 0 Å². The summed E-state index contributed by atoms with van der Waals surface area (Å²) < 4.78 is 5.68. The summed E-state index contributed by atoms with van der Waals surface area (Å²) in [6.07, 6.45) is 0.607.